The summed E-state index contributed by atoms with van der Waals surface area (Å²) >= 11 is 0. The fourth-order valence-corrected chi connectivity index (χ4v) is 0.432. The monoisotopic (exact) mass is 125 g/mol. The van der Waals surface area contributed by atoms with Gasteiger partial charge in [-0.25, -0.2) is 0 Å². The van der Waals surface area contributed by atoms with Crippen molar-refractivity contribution in [3.8, 4) is 5.88 Å². The fourth-order valence-electron chi connectivity index (χ4n) is 0.432. The number of aromatic nitrogens is 2. The highest BCUT2D eigenvalue weighted by Crippen LogP contribution is 2.01. The van der Waals surface area contributed by atoms with E-state index in [0.29, 0.717) is 5.69 Å². The van der Waals surface area contributed by atoms with Crippen LogP contribution in [0.4, 0.5) is 0 Å². The van der Waals surface area contributed by atoms with E-state index in [0.717, 1.165) is 0 Å². The standard InChI is InChI=1S/C5H5N2O2/c8-3-4-1-2-5(9)7-6-4/h1-2,8H,3H2. The van der Waals surface area contributed by atoms with Crippen molar-refractivity contribution < 1.29 is 10.2 Å². The van der Waals surface area contributed by atoms with Crippen LogP contribution in [0.2, 0.25) is 0 Å². The zero-order valence-corrected chi connectivity index (χ0v) is 4.61. The van der Waals surface area contributed by atoms with Crippen LogP contribution in [-0.4, -0.2) is 15.3 Å². The van der Waals surface area contributed by atoms with Crippen molar-refractivity contribution in [1.82, 2.24) is 10.2 Å². The highest BCUT2D eigenvalue weighted by Gasteiger charge is 1.92. The van der Waals surface area contributed by atoms with E-state index in [1.807, 2.05) is 0 Å². The molecule has 47 valence electrons. The maximum Gasteiger partial charge on any atom is 0.288 e. The fraction of sp³-hybridized carbons (Fsp3) is 0.200. The first-order chi connectivity index (χ1) is 4.33. The molecule has 1 aromatic heterocycles. The SMILES string of the molecule is [O]c1ccc(CO)nn1. The normalized spacial score (nSPS) is 9.44. The number of aliphatic hydroxyl groups is 1. The summed E-state index contributed by atoms with van der Waals surface area (Å²) < 4.78 is 0. The third-order valence-corrected chi connectivity index (χ3v) is 0.857. The summed E-state index contributed by atoms with van der Waals surface area (Å²) in [6.07, 6.45) is 0. The third kappa shape index (κ3) is 1.36. The van der Waals surface area contributed by atoms with Gasteiger partial charge in [0, 0.05) is 6.07 Å². The van der Waals surface area contributed by atoms with Gasteiger partial charge in [0.25, 0.3) is 5.88 Å². The van der Waals surface area contributed by atoms with Crippen LogP contribution in [-0.2, 0) is 11.7 Å². The lowest BCUT2D eigenvalue weighted by atomic mass is 10.4. The van der Waals surface area contributed by atoms with Gasteiger partial charge in [-0.05, 0) is 6.07 Å². The van der Waals surface area contributed by atoms with Gasteiger partial charge in [-0.15, -0.1) is 10.2 Å². The smallest absolute Gasteiger partial charge is 0.288 e. The van der Waals surface area contributed by atoms with E-state index in [9.17, 15) is 5.11 Å². The van der Waals surface area contributed by atoms with Crippen LogP contribution in [0.25, 0.3) is 0 Å². The molecule has 9 heavy (non-hydrogen) atoms. The number of rotatable bonds is 1. The molecule has 0 amide bonds. The van der Waals surface area contributed by atoms with Crippen LogP contribution in [0, 0.1) is 0 Å². The second kappa shape index (κ2) is 2.41. The Hall–Kier alpha value is -1.16. The molecule has 4 nitrogen and oxygen atoms in total. The summed E-state index contributed by atoms with van der Waals surface area (Å²) in [5.74, 6) is -0.382. The van der Waals surface area contributed by atoms with E-state index >= 15 is 0 Å². The molecule has 0 unspecified atom stereocenters. The minimum absolute atomic E-state index is 0.173. The summed E-state index contributed by atoms with van der Waals surface area (Å²) in [7, 11) is 0. The molecule has 0 bridgehead atoms. The topological polar surface area (TPSA) is 65.9 Å². The molecule has 0 aliphatic heterocycles. The van der Waals surface area contributed by atoms with Gasteiger partial charge >= 0.3 is 0 Å². The maximum atomic E-state index is 10.3. The van der Waals surface area contributed by atoms with Gasteiger partial charge in [-0.1, -0.05) is 0 Å². The van der Waals surface area contributed by atoms with Crippen LogP contribution >= 0.6 is 0 Å². The molecule has 1 rings (SSSR count). The second-order valence-corrected chi connectivity index (χ2v) is 1.52. The molecule has 1 radical (unpaired) electrons. The van der Waals surface area contributed by atoms with Crippen molar-refractivity contribution in [2.75, 3.05) is 0 Å². The molecule has 4 heteroatoms. The van der Waals surface area contributed by atoms with Crippen molar-refractivity contribution in [1.29, 1.82) is 0 Å². The van der Waals surface area contributed by atoms with Crippen LogP contribution in [0.5, 0.6) is 5.88 Å². The van der Waals surface area contributed by atoms with Gasteiger partial charge < -0.3 is 5.11 Å². The lowest BCUT2D eigenvalue weighted by Gasteiger charge is -1.88. The summed E-state index contributed by atoms with van der Waals surface area (Å²) in [6.45, 7) is -0.173. The Morgan fingerprint density at radius 2 is 2.22 bits per heavy atom. The van der Waals surface area contributed by atoms with E-state index < -0.39 is 0 Å². The number of nitrogens with zero attached hydrogens (tertiary/aromatic N) is 2. The zero-order valence-electron chi connectivity index (χ0n) is 4.61. The zero-order chi connectivity index (χ0) is 6.69. The van der Waals surface area contributed by atoms with E-state index in [1.54, 1.807) is 0 Å². The van der Waals surface area contributed by atoms with Crippen molar-refractivity contribution in [3.05, 3.63) is 17.8 Å². The molecule has 0 aliphatic carbocycles. The van der Waals surface area contributed by atoms with E-state index in [4.69, 9.17) is 5.11 Å². The first-order valence-corrected chi connectivity index (χ1v) is 2.43. The number of aliphatic hydroxyl groups excluding tert-OH is 1. The molecule has 0 saturated heterocycles. The molecule has 0 saturated carbocycles. The molecule has 0 spiro atoms. The Morgan fingerprint density at radius 3 is 2.67 bits per heavy atom. The molecule has 0 aliphatic rings. The Labute approximate surface area is 51.8 Å². The number of hydrogen-bond donors (Lipinski definition) is 1. The lowest BCUT2D eigenvalue weighted by molar-refractivity contribution is 0.272. The largest absolute Gasteiger partial charge is 0.390 e. The Kier molecular flexibility index (Phi) is 1.60. The molecule has 0 atom stereocenters. The second-order valence-electron chi connectivity index (χ2n) is 1.52. The molecule has 1 aromatic rings. The predicted octanol–water partition coefficient (Wildman–Crippen LogP) is 0.113. The van der Waals surface area contributed by atoms with Gasteiger partial charge in [0.15, 0.2) is 0 Å². The highest BCUT2D eigenvalue weighted by molar-refractivity contribution is 5.08. The summed E-state index contributed by atoms with van der Waals surface area (Å²) in [5, 5.41) is 25.3. The average molecular weight is 125 g/mol. The highest BCUT2D eigenvalue weighted by atomic mass is 16.3. The Morgan fingerprint density at radius 1 is 1.44 bits per heavy atom. The van der Waals surface area contributed by atoms with E-state index in [-0.39, 0.29) is 12.5 Å². The van der Waals surface area contributed by atoms with Crippen molar-refractivity contribution in [2.45, 2.75) is 6.61 Å². The molecule has 0 fully saturated rings. The van der Waals surface area contributed by atoms with Crippen LogP contribution in [0.15, 0.2) is 12.1 Å². The Balaban J connectivity index is 2.88. The molecular weight excluding hydrogens is 120 g/mol. The summed E-state index contributed by atoms with van der Waals surface area (Å²) in [6, 6.07) is 2.70. The average Bonchev–Trinajstić information content (AvgIpc) is 1.90. The van der Waals surface area contributed by atoms with Gasteiger partial charge in [0.1, 0.15) is 0 Å². The van der Waals surface area contributed by atoms with Gasteiger partial charge in [0.2, 0.25) is 0 Å². The minimum Gasteiger partial charge on any atom is -0.390 e. The third-order valence-electron chi connectivity index (χ3n) is 0.857. The molecule has 1 N–H and O–H groups in total. The van der Waals surface area contributed by atoms with Gasteiger partial charge in [0.05, 0.1) is 12.3 Å². The van der Waals surface area contributed by atoms with Gasteiger partial charge in [-0.3, -0.25) is 5.11 Å². The summed E-state index contributed by atoms with van der Waals surface area (Å²) in [4.78, 5) is 0. The van der Waals surface area contributed by atoms with Gasteiger partial charge in [-0.2, -0.15) is 0 Å². The van der Waals surface area contributed by atoms with Crippen molar-refractivity contribution in [3.63, 3.8) is 0 Å². The minimum atomic E-state index is -0.382. The van der Waals surface area contributed by atoms with Crippen LogP contribution in [0.1, 0.15) is 5.69 Å². The summed E-state index contributed by atoms with van der Waals surface area (Å²) in [5.41, 5.74) is 0.412. The maximum absolute atomic E-state index is 10.3. The van der Waals surface area contributed by atoms with Crippen molar-refractivity contribution >= 4 is 0 Å². The van der Waals surface area contributed by atoms with E-state index in [2.05, 4.69) is 10.2 Å². The van der Waals surface area contributed by atoms with Crippen LogP contribution in [0.3, 0.4) is 0 Å². The molecule has 1 heterocycles. The Bertz CT molecular complexity index is 185. The van der Waals surface area contributed by atoms with E-state index in [1.165, 1.54) is 12.1 Å². The first kappa shape index (κ1) is 5.97. The number of hydrogen-bond acceptors (Lipinski definition) is 3. The quantitative estimate of drug-likeness (QED) is 0.579. The predicted molar refractivity (Wildman–Crippen MR) is 28.1 cm³/mol. The van der Waals surface area contributed by atoms with Crippen LogP contribution < -0.4 is 0 Å². The lowest BCUT2D eigenvalue weighted by Crippen LogP contribution is -1.89. The van der Waals surface area contributed by atoms with Crippen molar-refractivity contribution in [2.24, 2.45) is 0 Å². The molecule has 0 aromatic carbocycles. The first-order valence-electron chi connectivity index (χ1n) is 2.43. The molecular formula is C5H5N2O2.